The highest BCUT2D eigenvalue weighted by Crippen LogP contribution is 2.06. The summed E-state index contributed by atoms with van der Waals surface area (Å²) < 4.78 is 10.5. The first-order valence-corrected chi connectivity index (χ1v) is 5.74. The predicted molar refractivity (Wildman–Crippen MR) is 49.6 cm³/mol. The van der Waals surface area contributed by atoms with Crippen molar-refractivity contribution in [2.75, 3.05) is 0 Å². The van der Waals surface area contributed by atoms with Gasteiger partial charge in [-0.15, -0.1) is 0 Å². The Morgan fingerprint density at radius 3 is 2.40 bits per heavy atom. The van der Waals surface area contributed by atoms with Crippen molar-refractivity contribution in [2.24, 2.45) is 5.92 Å². The normalized spacial score (nSPS) is 15.6. The molecule has 0 heterocycles. The molecule has 0 radical (unpaired) electrons. The second kappa shape index (κ2) is 6.09. The fourth-order valence-electron chi connectivity index (χ4n) is 0.916. The van der Waals surface area contributed by atoms with Crippen molar-refractivity contribution in [2.45, 2.75) is 33.3 Å². The van der Waals surface area contributed by atoms with E-state index in [4.69, 9.17) is 8.54 Å². The Balaban J connectivity index is 3.16. The molecule has 0 aliphatic carbocycles. The maximum atomic E-state index is 5.45. The van der Waals surface area contributed by atoms with E-state index in [2.05, 4.69) is 20.8 Å². The molecule has 0 spiro atoms. The third-order valence-corrected chi connectivity index (χ3v) is 2.92. The Kier molecular flexibility index (Phi) is 6.30. The number of rotatable bonds is 5. The summed E-state index contributed by atoms with van der Waals surface area (Å²) in [4.78, 5) is 0. The Morgan fingerprint density at radius 1 is 1.40 bits per heavy atom. The third-order valence-electron chi connectivity index (χ3n) is 1.27. The zero-order valence-corrected chi connectivity index (χ0v) is 10.8. The molecule has 0 rings (SSSR count). The van der Waals surface area contributed by atoms with Gasteiger partial charge in [0.25, 0.3) is 10.0 Å². The van der Waals surface area contributed by atoms with Crippen LogP contribution in [0.15, 0.2) is 0 Å². The Morgan fingerprint density at radius 2 is 2.00 bits per heavy atom. The van der Waals surface area contributed by atoms with Gasteiger partial charge in [0, 0.05) is 6.10 Å². The molecule has 0 aliphatic rings. The van der Waals surface area contributed by atoms with E-state index < -0.39 is 10.0 Å². The van der Waals surface area contributed by atoms with Crippen LogP contribution in [0.4, 0.5) is 0 Å². The average molecular weight is 178 g/mol. The summed E-state index contributed by atoms with van der Waals surface area (Å²) in [5.41, 5.74) is 0. The highest BCUT2D eigenvalue weighted by atomic mass is 28.3. The standard InChI is InChI=1S/C6H18O2Si2/c1-5(2)4-6(3)7-10-8-9/h5-6H,4,10H2,1-3,9H3. The molecule has 1 unspecified atom stereocenters. The maximum Gasteiger partial charge on any atom is 0.293 e. The third kappa shape index (κ3) is 6.47. The minimum absolute atomic E-state index is 0.403. The van der Waals surface area contributed by atoms with Crippen molar-refractivity contribution in [3.63, 3.8) is 0 Å². The smallest absolute Gasteiger partial charge is 0.293 e. The molecule has 0 amide bonds. The van der Waals surface area contributed by atoms with Crippen LogP contribution in [-0.4, -0.2) is 26.6 Å². The zero-order valence-electron chi connectivity index (χ0n) is 7.39. The minimum Gasteiger partial charge on any atom is -0.449 e. The van der Waals surface area contributed by atoms with Gasteiger partial charge in [-0.2, -0.15) is 0 Å². The quantitative estimate of drug-likeness (QED) is 0.540. The van der Waals surface area contributed by atoms with Crippen molar-refractivity contribution in [1.82, 2.24) is 0 Å². The summed E-state index contributed by atoms with van der Waals surface area (Å²) in [5, 5.41) is 0. The molecule has 10 heavy (non-hydrogen) atoms. The van der Waals surface area contributed by atoms with Gasteiger partial charge in [0.05, 0.1) is 0 Å². The minimum atomic E-state index is -0.607. The first-order valence-electron chi connectivity index (χ1n) is 3.77. The van der Waals surface area contributed by atoms with Gasteiger partial charge in [-0.1, -0.05) is 13.8 Å². The van der Waals surface area contributed by atoms with E-state index in [9.17, 15) is 0 Å². The Hall–Kier alpha value is 0.354. The maximum absolute atomic E-state index is 5.45. The van der Waals surface area contributed by atoms with E-state index in [1.807, 2.05) is 0 Å². The predicted octanol–water partition coefficient (Wildman–Crippen LogP) is -0.267. The average Bonchev–Trinajstić information content (AvgIpc) is 1.82. The summed E-state index contributed by atoms with van der Waals surface area (Å²) >= 11 is 0. The van der Waals surface area contributed by atoms with E-state index in [1.165, 1.54) is 0 Å². The molecule has 0 N–H and O–H groups in total. The second-order valence-electron chi connectivity index (χ2n) is 3.01. The van der Waals surface area contributed by atoms with Crippen LogP contribution in [0, 0.1) is 5.92 Å². The first-order chi connectivity index (χ1) is 4.66. The van der Waals surface area contributed by atoms with Crippen LogP contribution in [-0.2, 0) is 8.54 Å². The molecule has 0 fully saturated rings. The van der Waals surface area contributed by atoms with Gasteiger partial charge in [-0.25, -0.2) is 0 Å². The summed E-state index contributed by atoms with van der Waals surface area (Å²) in [6, 6.07) is 0. The van der Waals surface area contributed by atoms with Crippen LogP contribution in [0.5, 0.6) is 0 Å². The topological polar surface area (TPSA) is 18.5 Å². The van der Waals surface area contributed by atoms with Crippen LogP contribution in [0.3, 0.4) is 0 Å². The fraction of sp³-hybridized carbons (Fsp3) is 1.00. The van der Waals surface area contributed by atoms with Crippen LogP contribution >= 0.6 is 0 Å². The van der Waals surface area contributed by atoms with Crippen molar-refractivity contribution >= 4 is 20.5 Å². The molecule has 0 aromatic rings. The highest BCUT2D eigenvalue weighted by Gasteiger charge is 2.03. The second-order valence-corrected chi connectivity index (χ2v) is 5.89. The van der Waals surface area contributed by atoms with E-state index in [0.717, 1.165) is 22.8 Å². The van der Waals surface area contributed by atoms with Crippen LogP contribution in [0.25, 0.3) is 0 Å². The molecular formula is C6H18O2Si2. The lowest BCUT2D eigenvalue weighted by Crippen LogP contribution is -2.15. The number of hydrogen-bond donors (Lipinski definition) is 0. The zero-order chi connectivity index (χ0) is 7.98. The molecule has 0 saturated heterocycles. The van der Waals surface area contributed by atoms with Crippen molar-refractivity contribution < 1.29 is 8.54 Å². The number of hydrogen-bond acceptors (Lipinski definition) is 2. The molecule has 62 valence electrons. The van der Waals surface area contributed by atoms with E-state index >= 15 is 0 Å². The van der Waals surface area contributed by atoms with E-state index in [0.29, 0.717) is 6.10 Å². The van der Waals surface area contributed by atoms with Gasteiger partial charge in [0.15, 0.2) is 0 Å². The lowest BCUT2D eigenvalue weighted by molar-refractivity contribution is 0.181. The van der Waals surface area contributed by atoms with Gasteiger partial charge < -0.3 is 8.54 Å². The van der Waals surface area contributed by atoms with E-state index in [-0.39, 0.29) is 0 Å². The van der Waals surface area contributed by atoms with Crippen molar-refractivity contribution in [3.05, 3.63) is 0 Å². The summed E-state index contributed by atoms with van der Waals surface area (Å²) in [6.45, 7) is 6.54. The van der Waals surface area contributed by atoms with E-state index in [1.54, 1.807) is 0 Å². The molecular weight excluding hydrogens is 160 g/mol. The van der Waals surface area contributed by atoms with Gasteiger partial charge >= 0.3 is 0 Å². The van der Waals surface area contributed by atoms with Crippen molar-refractivity contribution in [1.29, 1.82) is 0 Å². The molecule has 0 aliphatic heterocycles. The largest absolute Gasteiger partial charge is 0.449 e. The molecule has 0 aromatic heterocycles. The van der Waals surface area contributed by atoms with Gasteiger partial charge in [-0.3, -0.25) is 0 Å². The summed E-state index contributed by atoms with van der Waals surface area (Å²) in [6.07, 6.45) is 1.55. The van der Waals surface area contributed by atoms with Gasteiger partial charge in [0.1, 0.15) is 10.5 Å². The van der Waals surface area contributed by atoms with Crippen LogP contribution in [0.1, 0.15) is 27.2 Å². The van der Waals surface area contributed by atoms with Gasteiger partial charge in [-0.05, 0) is 19.3 Å². The lowest BCUT2D eigenvalue weighted by Gasteiger charge is -2.14. The van der Waals surface area contributed by atoms with Gasteiger partial charge in [0.2, 0.25) is 0 Å². The molecule has 1 atom stereocenters. The molecule has 2 nitrogen and oxygen atoms in total. The highest BCUT2D eigenvalue weighted by molar-refractivity contribution is 6.27. The van der Waals surface area contributed by atoms with Crippen molar-refractivity contribution in [3.8, 4) is 0 Å². The Labute approximate surface area is 68.9 Å². The van der Waals surface area contributed by atoms with Crippen LogP contribution < -0.4 is 0 Å². The first kappa shape index (κ1) is 10.4. The summed E-state index contributed by atoms with van der Waals surface area (Å²) in [5.74, 6) is 0.734. The Bertz CT molecular complexity index is 78.1. The SMILES string of the molecule is CC(C)CC(C)O[SiH2]O[SiH3]. The van der Waals surface area contributed by atoms with Crippen LogP contribution in [0.2, 0.25) is 0 Å². The molecule has 0 saturated carbocycles. The molecule has 4 heteroatoms. The monoisotopic (exact) mass is 178 g/mol. The molecule has 0 bridgehead atoms. The lowest BCUT2D eigenvalue weighted by atomic mass is 10.1. The summed E-state index contributed by atoms with van der Waals surface area (Å²) in [7, 11) is 0.223. The fourth-order valence-corrected chi connectivity index (χ4v) is 1.83. The molecule has 0 aromatic carbocycles.